The largest absolute Gasteiger partial charge is 0.365 e. The molecule has 0 radical (unpaired) electrons. The second-order valence-electron chi connectivity index (χ2n) is 4.75. The number of hydrogen-bond acceptors (Lipinski definition) is 3. The molecule has 1 aliphatic rings. The van der Waals surface area contributed by atoms with Crippen LogP contribution >= 0.6 is 11.6 Å². The van der Waals surface area contributed by atoms with E-state index in [0.717, 1.165) is 4.90 Å². The number of piperazine rings is 1. The molecule has 1 amide bonds. The summed E-state index contributed by atoms with van der Waals surface area (Å²) in [7, 11) is -3.49. The molecule has 0 spiro atoms. The van der Waals surface area contributed by atoms with Crippen LogP contribution in [0.25, 0.3) is 0 Å². The van der Waals surface area contributed by atoms with Crippen LogP contribution in [-0.4, -0.2) is 51.4 Å². The lowest BCUT2D eigenvalue weighted by Crippen LogP contribution is -3.15. The number of nitrogens with one attached hydrogen (secondary N) is 1. The Morgan fingerprint density at radius 1 is 1.25 bits per heavy atom. The number of sulfonamides is 1. The Labute approximate surface area is 123 Å². The highest BCUT2D eigenvalue weighted by molar-refractivity contribution is 7.89. The first-order chi connectivity index (χ1) is 9.39. The van der Waals surface area contributed by atoms with Crippen molar-refractivity contribution < 1.29 is 18.1 Å². The van der Waals surface area contributed by atoms with E-state index in [9.17, 15) is 13.2 Å². The van der Waals surface area contributed by atoms with Gasteiger partial charge in [0.15, 0.2) is 6.54 Å². The van der Waals surface area contributed by atoms with E-state index in [-0.39, 0.29) is 17.3 Å². The maximum absolute atomic E-state index is 12.4. The van der Waals surface area contributed by atoms with E-state index in [1.807, 2.05) is 0 Å². The molecular weight excluding hydrogens is 302 g/mol. The summed E-state index contributed by atoms with van der Waals surface area (Å²) in [6.45, 7) is 2.17. The Morgan fingerprint density at radius 2 is 1.80 bits per heavy atom. The molecule has 8 heteroatoms. The van der Waals surface area contributed by atoms with Crippen LogP contribution in [0.15, 0.2) is 29.2 Å². The van der Waals surface area contributed by atoms with Crippen molar-refractivity contribution in [3.05, 3.63) is 29.3 Å². The van der Waals surface area contributed by atoms with Gasteiger partial charge in [-0.15, -0.1) is 0 Å². The molecule has 1 heterocycles. The zero-order valence-electron chi connectivity index (χ0n) is 10.9. The van der Waals surface area contributed by atoms with E-state index in [1.165, 1.54) is 16.4 Å². The average Bonchev–Trinajstić information content (AvgIpc) is 2.39. The van der Waals surface area contributed by atoms with Crippen molar-refractivity contribution in [2.45, 2.75) is 4.90 Å². The van der Waals surface area contributed by atoms with Gasteiger partial charge >= 0.3 is 0 Å². The van der Waals surface area contributed by atoms with Gasteiger partial charge in [0, 0.05) is 5.02 Å². The number of carbonyl (C=O) groups excluding carboxylic acids is 1. The van der Waals surface area contributed by atoms with Crippen LogP contribution in [0.4, 0.5) is 0 Å². The van der Waals surface area contributed by atoms with Crippen LogP contribution in [0, 0.1) is 0 Å². The second kappa shape index (κ2) is 6.09. The van der Waals surface area contributed by atoms with Crippen molar-refractivity contribution >= 4 is 27.5 Å². The number of rotatable bonds is 4. The van der Waals surface area contributed by atoms with Crippen molar-refractivity contribution in [3.8, 4) is 0 Å². The Morgan fingerprint density at radius 3 is 2.30 bits per heavy atom. The Bertz CT molecular complexity index is 580. The Kier molecular flexibility index (Phi) is 4.64. The van der Waals surface area contributed by atoms with E-state index < -0.39 is 10.0 Å². The van der Waals surface area contributed by atoms with Gasteiger partial charge in [-0.1, -0.05) is 11.6 Å². The van der Waals surface area contributed by atoms with Crippen LogP contribution in [0.1, 0.15) is 0 Å². The molecule has 1 fully saturated rings. The highest BCUT2D eigenvalue weighted by Crippen LogP contribution is 2.18. The number of nitrogens with two attached hydrogens (primary N) is 1. The van der Waals surface area contributed by atoms with E-state index in [2.05, 4.69) is 0 Å². The van der Waals surface area contributed by atoms with Gasteiger partial charge in [0.1, 0.15) is 0 Å². The summed E-state index contributed by atoms with van der Waals surface area (Å²) in [5.74, 6) is -0.367. The van der Waals surface area contributed by atoms with Crippen LogP contribution in [0.3, 0.4) is 0 Å². The molecule has 3 N–H and O–H groups in total. The molecule has 20 heavy (non-hydrogen) atoms. The van der Waals surface area contributed by atoms with Crippen LogP contribution in [-0.2, 0) is 14.8 Å². The molecule has 1 aliphatic heterocycles. The quantitative estimate of drug-likeness (QED) is 0.725. The van der Waals surface area contributed by atoms with E-state index in [1.54, 1.807) is 12.1 Å². The molecule has 1 aromatic rings. The fraction of sp³-hybridized carbons (Fsp3) is 0.417. The zero-order valence-corrected chi connectivity index (χ0v) is 12.5. The first-order valence-electron chi connectivity index (χ1n) is 6.27. The van der Waals surface area contributed by atoms with Gasteiger partial charge in [-0.05, 0) is 24.3 Å². The third kappa shape index (κ3) is 3.49. The lowest BCUT2D eigenvalue weighted by atomic mass is 10.3. The summed E-state index contributed by atoms with van der Waals surface area (Å²) < 4.78 is 26.2. The molecule has 110 valence electrons. The number of hydrogen-bond donors (Lipinski definition) is 2. The highest BCUT2D eigenvalue weighted by atomic mass is 35.5. The van der Waals surface area contributed by atoms with Gasteiger partial charge < -0.3 is 10.6 Å². The number of carbonyl (C=O) groups is 1. The lowest BCUT2D eigenvalue weighted by Gasteiger charge is -2.30. The van der Waals surface area contributed by atoms with Gasteiger partial charge in [-0.2, -0.15) is 4.31 Å². The summed E-state index contributed by atoms with van der Waals surface area (Å²) >= 11 is 5.76. The van der Waals surface area contributed by atoms with Crippen molar-refractivity contribution in [2.75, 3.05) is 32.7 Å². The number of halogens is 1. The SMILES string of the molecule is NC(=O)C[NH+]1CCN(S(=O)(=O)c2ccc(Cl)cc2)CC1. The normalized spacial score (nSPS) is 18.1. The number of benzene rings is 1. The van der Waals surface area contributed by atoms with E-state index in [0.29, 0.717) is 31.2 Å². The Balaban J connectivity index is 2.05. The van der Waals surface area contributed by atoms with Crippen LogP contribution in [0.5, 0.6) is 0 Å². The highest BCUT2D eigenvalue weighted by Gasteiger charge is 2.30. The predicted molar refractivity (Wildman–Crippen MR) is 75.0 cm³/mol. The van der Waals surface area contributed by atoms with Crippen LogP contribution in [0.2, 0.25) is 5.02 Å². The van der Waals surface area contributed by atoms with Crippen molar-refractivity contribution in [2.24, 2.45) is 5.73 Å². The second-order valence-corrected chi connectivity index (χ2v) is 7.13. The Hall–Kier alpha value is -1.15. The van der Waals surface area contributed by atoms with Gasteiger partial charge in [0.05, 0.1) is 31.1 Å². The summed E-state index contributed by atoms with van der Waals surface area (Å²) in [5, 5.41) is 0.500. The number of nitrogens with zero attached hydrogens (tertiary/aromatic N) is 1. The van der Waals surface area contributed by atoms with Crippen molar-refractivity contribution in [1.29, 1.82) is 0 Å². The molecule has 2 rings (SSSR count). The minimum absolute atomic E-state index is 0.236. The summed E-state index contributed by atoms with van der Waals surface area (Å²) in [6, 6.07) is 6.12. The summed E-state index contributed by atoms with van der Waals surface area (Å²) in [6.07, 6.45) is 0. The number of primary amides is 1. The van der Waals surface area contributed by atoms with Gasteiger partial charge in [-0.25, -0.2) is 8.42 Å². The third-order valence-corrected chi connectivity index (χ3v) is 5.47. The number of quaternary nitrogens is 1. The molecular formula is C12H17ClN3O3S+. The average molecular weight is 319 g/mol. The fourth-order valence-corrected chi connectivity index (χ4v) is 3.79. The molecule has 0 saturated carbocycles. The lowest BCUT2D eigenvalue weighted by molar-refractivity contribution is -0.895. The smallest absolute Gasteiger partial charge is 0.272 e. The first kappa shape index (κ1) is 15.2. The molecule has 0 unspecified atom stereocenters. The summed E-state index contributed by atoms with van der Waals surface area (Å²) in [4.78, 5) is 12.1. The molecule has 0 atom stereocenters. The molecule has 1 saturated heterocycles. The van der Waals surface area contributed by atoms with Crippen molar-refractivity contribution in [3.63, 3.8) is 0 Å². The topological polar surface area (TPSA) is 84.9 Å². The minimum Gasteiger partial charge on any atom is -0.365 e. The molecule has 0 aliphatic carbocycles. The molecule has 0 aromatic heterocycles. The molecule has 6 nitrogen and oxygen atoms in total. The third-order valence-electron chi connectivity index (χ3n) is 3.31. The van der Waals surface area contributed by atoms with Crippen molar-refractivity contribution in [1.82, 2.24) is 4.31 Å². The number of amides is 1. The maximum atomic E-state index is 12.4. The summed E-state index contributed by atoms with van der Waals surface area (Å²) in [5.41, 5.74) is 5.14. The van der Waals surface area contributed by atoms with Gasteiger partial charge in [-0.3, -0.25) is 4.79 Å². The monoisotopic (exact) mass is 318 g/mol. The van der Waals surface area contributed by atoms with E-state index in [4.69, 9.17) is 17.3 Å². The van der Waals surface area contributed by atoms with Crippen LogP contribution < -0.4 is 10.6 Å². The standard InChI is InChI=1S/C12H16ClN3O3S/c13-10-1-3-11(4-2-10)20(18,19)16-7-5-15(6-8-16)9-12(14)17/h1-4H,5-9H2,(H2,14,17)/p+1. The van der Waals surface area contributed by atoms with Gasteiger partial charge in [0.25, 0.3) is 5.91 Å². The van der Waals surface area contributed by atoms with E-state index >= 15 is 0 Å². The molecule has 1 aromatic carbocycles. The predicted octanol–water partition coefficient (Wildman–Crippen LogP) is -1.29. The minimum atomic E-state index is -3.49. The molecule has 0 bridgehead atoms. The fourth-order valence-electron chi connectivity index (χ4n) is 2.22. The zero-order chi connectivity index (χ0) is 14.8. The first-order valence-corrected chi connectivity index (χ1v) is 8.09. The van der Waals surface area contributed by atoms with Gasteiger partial charge in [0.2, 0.25) is 10.0 Å². The maximum Gasteiger partial charge on any atom is 0.272 e.